The summed E-state index contributed by atoms with van der Waals surface area (Å²) in [6.07, 6.45) is 1.48. The van der Waals surface area contributed by atoms with Crippen LogP contribution in [0.3, 0.4) is 0 Å². The fourth-order valence-electron chi connectivity index (χ4n) is 3.58. The van der Waals surface area contributed by atoms with Gasteiger partial charge in [-0.05, 0) is 42.0 Å². The average molecular weight is 455 g/mol. The molecule has 2 heterocycles. The molecule has 3 aromatic carbocycles. The Labute approximate surface area is 195 Å². The van der Waals surface area contributed by atoms with Crippen LogP contribution in [0.5, 0.6) is 11.5 Å². The van der Waals surface area contributed by atoms with Gasteiger partial charge in [0.05, 0.1) is 23.4 Å². The number of benzene rings is 3. The van der Waals surface area contributed by atoms with E-state index in [-0.39, 0.29) is 25.0 Å². The summed E-state index contributed by atoms with van der Waals surface area (Å²) in [5.74, 6) is 1.19. The lowest BCUT2D eigenvalue weighted by molar-refractivity contribution is -0.115. The van der Waals surface area contributed by atoms with E-state index < -0.39 is 0 Å². The molecule has 0 saturated heterocycles. The molecule has 34 heavy (non-hydrogen) atoms. The summed E-state index contributed by atoms with van der Waals surface area (Å²) >= 11 is 0. The molecule has 5 rings (SSSR count). The molecule has 0 spiro atoms. The molecular weight excluding hydrogens is 434 g/mol. The van der Waals surface area contributed by atoms with E-state index in [1.807, 2.05) is 48.5 Å². The van der Waals surface area contributed by atoms with Gasteiger partial charge in [-0.25, -0.2) is 4.98 Å². The molecule has 2 N–H and O–H groups in total. The number of rotatable bonds is 7. The van der Waals surface area contributed by atoms with E-state index in [0.29, 0.717) is 40.9 Å². The van der Waals surface area contributed by atoms with Crippen molar-refractivity contribution in [3.05, 3.63) is 95.9 Å². The number of para-hydroxylation sites is 1. The molecule has 2 amide bonds. The van der Waals surface area contributed by atoms with Gasteiger partial charge in [-0.1, -0.05) is 36.4 Å². The van der Waals surface area contributed by atoms with Crippen molar-refractivity contribution in [2.45, 2.75) is 13.0 Å². The molecule has 170 valence electrons. The molecule has 0 unspecified atom stereocenters. The number of carbonyl (C=O) groups excluding carboxylic acids is 2. The maximum absolute atomic E-state index is 12.8. The highest BCUT2D eigenvalue weighted by Crippen LogP contribution is 2.32. The van der Waals surface area contributed by atoms with Gasteiger partial charge in [0.1, 0.15) is 6.26 Å². The largest absolute Gasteiger partial charge is 0.454 e. The number of aromatic nitrogens is 1. The number of hydrogen-bond acceptors (Lipinski definition) is 6. The molecule has 1 aliphatic heterocycles. The minimum absolute atomic E-state index is 0.0173. The lowest BCUT2D eigenvalue weighted by Gasteiger charge is -2.11. The van der Waals surface area contributed by atoms with Gasteiger partial charge in [0, 0.05) is 12.1 Å². The second-order valence-corrected chi connectivity index (χ2v) is 7.65. The maximum Gasteiger partial charge on any atom is 0.253 e. The zero-order chi connectivity index (χ0) is 23.3. The van der Waals surface area contributed by atoms with Crippen molar-refractivity contribution < 1.29 is 23.5 Å². The Bertz CT molecular complexity index is 1330. The first-order chi connectivity index (χ1) is 16.7. The first kappa shape index (κ1) is 21.3. The van der Waals surface area contributed by atoms with Crippen LogP contribution in [0, 0.1) is 0 Å². The highest BCUT2D eigenvalue weighted by atomic mass is 16.7. The van der Waals surface area contributed by atoms with E-state index >= 15 is 0 Å². The van der Waals surface area contributed by atoms with Gasteiger partial charge in [0.15, 0.2) is 11.5 Å². The second kappa shape index (κ2) is 9.50. The highest BCUT2D eigenvalue weighted by Gasteiger charge is 2.17. The minimum Gasteiger partial charge on any atom is -0.454 e. The molecule has 4 aromatic rings. The number of ether oxygens (including phenoxy) is 2. The van der Waals surface area contributed by atoms with E-state index in [9.17, 15) is 9.59 Å². The van der Waals surface area contributed by atoms with Crippen LogP contribution in [-0.4, -0.2) is 23.6 Å². The fraction of sp³-hybridized carbons (Fsp3) is 0.115. The third-order valence-corrected chi connectivity index (χ3v) is 5.25. The van der Waals surface area contributed by atoms with Gasteiger partial charge in [-0.3, -0.25) is 9.59 Å². The predicted molar refractivity (Wildman–Crippen MR) is 124 cm³/mol. The molecule has 0 bridgehead atoms. The van der Waals surface area contributed by atoms with Crippen LogP contribution in [0.2, 0.25) is 0 Å². The Morgan fingerprint density at radius 1 is 0.912 bits per heavy atom. The van der Waals surface area contributed by atoms with Gasteiger partial charge in [0.2, 0.25) is 18.6 Å². The summed E-state index contributed by atoms with van der Waals surface area (Å²) < 4.78 is 16.2. The number of nitrogens with one attached hydrogen (secondary N) is 2. The molecule has 8 heteroatoms. The summed E-state index contributed by atoms with van der Waals surface area (Å²) in [6.45, 7) is 0.499. The quantitative estimate of drug-likeness (QED) is 0.433. The molecular formula is C26H21N3O5. The fourth-order valence-corrected chi connectivity index (χ4v) is 3.58. The van der Waals surface area contributed by atoms with Crippen molar-refractivity contribution in [2.24, 2.45) is 0 Å². The predicted octanol–water partition coefficient (Wildman–Crippen LogP) is 4.18. The lowest BCUT2D eigenvalue weighted by Crippen LogP contribution is -2.25. The summed E-state index contributed by atoms with van der Waals surface area (Å²) in [6, 6.07) is 21.8. The Morgan fingerprint density at radius 2 is 1.71 bits per heavy atom. The zero-order valence-corrected chi connectivity index (χ0v) is 18.1. The van der Waals surface area contributed by atoms with Crippen LogP contribution in [0.1, 0.15) is 21.6 Å². The number of amides is 2. The SMILES string of the molecule is O=C(Cc1coc(-c2ccccc2)n1)Nc1ccccc1C(=O)NCc1ccc2c(c1)OCO2. The molecule has 8 nitrogen and oxygen atoms in total. The number of carbonyl (C=O) groups is 2. The molecule has 1 aromatic heterocycles. The van der Waals surface area contributed by atoms with E-state index in [4.69, 9.17) is 13.9 Å². The van der Waals surface area contributed by atoms with Crippen LogP contribution in [0.25, 0.3) is 11.5 Å². The first-order valence-corrected chi connectivity index (χ1v) is 10.7. The van der Waals surface area contributed by atoms with Crippen LogP contribution < -0.4 is 20.1 Å². The van der Waals surface area contributed by atoms with E-state index in [0.717, 1.165) is 11.1 Å². The number of anilines is 1. The summed E-state index contributed by atoms with van der Waals surface area (Å²) in [4.78, 5) is 29.8. The number of fused-ring (bicyclic) bond motifs is 1. The smallest absolute Gasteiger partial charge is 0.253 e. The average Bonchev–Trinajstić information content (AvgIpc) is 3.52. The van der Waals surface area contributed by atoms with Gasteiger partial charge < -0.3 is 24.5 Å². The summed E-state index contributed by atoms with van der Waals surface area (Å²) in [5.41, 5.74) is 2.99. The number of oxazole rings is 1. The minimum atomic E-state index is -0.304. The maximum atomic E-state index is 12.8. The van der Waals surface area contributed by atoms with Crippen molar-refractivity contribution in [2.75, 3.05) is 12.1 Å². The van der Waals surface area contributed by atoms with Crippen molar-refractivity contribution in [3.8, 4) is 23.0 Å². The topological polar surface area (TPSA) is 103 Å². The van der Waals surface area contributed by atoms with Gasteiger partial charge >= 0.3 is 0 Å². The summed E-state index contributed by atoms with van der Waals surface area (Å²) in [5, 5.41) is 5.68. The van der Waals surface area contributed by atoms with Crippen LogP contribution in [-0.2, 0) is 17.8 Å². The molecule has 0 atom stereocenters. The van der Waals surface area contributed by atoms with Gasteiger partial charge in [0.25, 0.3) is 5.91 Å². The van der Waals surface area contributed by atoms with Crippen LogP contribution in [0.15, 0.2) is 83.5 Å². The van der Waals surface area contributed by atoms with E-state index in [1.165, 1.54) is 6.26 Å². The second-order valence-electron chi connectivity index (χ2n) is 7.65. The summed E-state index contributed by atoms with van der Waals surface area (Å²) in [7, 11) is 0. The van der Waals surface area contributed by atoms with Crippen molar-refractivity contribution in [1.29, 1.82) is 0 Å². The standard InChI is InChI=1S/C26H21N3O5/c30-24(13-19-15-32-26(28-19)18-6-2-1-3-7-18)29-21-9-5-4-8-20(21)25(31)27-14-17-10-11-22-23(12-17)34-16-33-22/h1-12,15H,13-14,16H2,(H,27,31)(H,29,30). The van der Waals surface area contributed by atoms with Gasteiger partial charge in [-0.15, -0.1) is 0 Å². The molecule has 1 aliphatic rings. The Morgan fingerprint density at radius 3 is 2.59 bits per heavy atom. The normalized spacial score (nSPS) is 11.8. The van der Waals surface area contributed by atoms with Crippen molar-refractivity contribution in [1.82, 2.24) is 10.3 Å². The third-order valence-electron chi connectivity index (χ3n) is 5.25. The highest BCUT2D eigenvalue weighted by molar-refractivity contribution is 6.04. The van der Waals surface area contributed by atoms with Crippen LogP contribution in [0.4, 0.5) is 5.69 Å². The number of nitrogens with zero attached hydrogens (tertiary/aromatic N) is 1. The number of hydrogen-bond donors (Lipinski definition) is 2. The van der Waals surface area contributed by atoms with Crippen molar-refractivity contribution >= 4 is 17.5 Å². The molecule has 0 saturated carbocycles. The van der Waals surface area contributed by atoms with E-state index in [2.05, 4.69) is 15.6 Å². The third kappa shape index (κ3) is 4.75. The van der Waals surface area contributed by atoms with E-state index in [1.54, 1.807) is 24.3 Å². The Hall–Kier alpha value is -4.59. The monoisotopic (exact) mass is 455 g/mol. The first-order valence-electron chi connectivity index (χ1n) is 10.7. The van der Waals surface area contributed by atoms with Crippen LogP contribution >= 0.6 is 0 Å². The lowest BCUT2D eigenvalue weighted by atomic mass is 10.1. The molecule has 0 aliphatic carbocycles. The Kier molecular flexibility index (Phi) is 5.94. The molecule has 0 radical (unpaired) electrons. The zero-order valence-electron chi connectivity index (χ0n) is 18.1. The van der Waals surface area contributed by atoms with Crippen molar-refractivity contribution in [3.63, 3.8) is 0 Å². The molecule has 0 fully saturated rings. The Balaban J connectivity index is 1.22. The van der Waals surface area contributed by atoms with Gasteiger partial charge in [-0.2, -0.15) is 0 Å².